The van der Waals surface area contributed by atoms with Crippen molar-refractivity contribution in [2.45, 2.75) is 46.5 Å². The Hall–Kier alpha value is -1.96. The van der Waals surface area contributed by atoms with Gasteiger partial charge in [0.1, 0.15) is 0 Å². The van der Waals surface area contributed by atoms with Gasteiger partial charge < -0.3 is 0 Å². The molecule has 106 valence electrons. The normalized spacial score (nSPS) is 25.4. The van der Waals surface area contributed by atoms with Crippen LogP contribution in [0.4, 0.5) is 5.69 Å². The van der Waals surface area contributed by atoms with E-state index >= 15 is 0 Å². The van der Waals surface area contributed by atoms with Gasteiger partial charge in [0.15, 0.2) is 0 Å². The third-order valence-electron chi connectivity index (χ3n) is 4.36. The molecule has 1 fully saturated rings. The van der Waals surface area contributed by atoms with Gasteiger partial charge in [0, 0.05) is 23.7 Å². The van der Waals surface area contributed by atoms with Crippen molar-refractivity contribution in [1.29, 1.82) is 5.26 Å². The Morgan fingerprint density at radius 2 is 2.30 bits per heavy atom. The molecule has 2 atom stereocenters. The van der Waals surface area contributed by atoms with E-state index < -0.39 is 5.41 Å². The number of nitro groups is 1. The molecule has 0 bridgehead atoms. The second-order valence-corrected chi connectivity index (χ2v) is 6.04. The van der Waals surface area contributed by atoms with E-state index in [-0.39, 0.29) is 10.6 Å². The van der Waals surface area contributed by atoms with Crippen LogP contribution in [0.1, 0.15) is 43.0 Å². The highest BCUT2D eigenvalue weighted by Gasteiger charge is 2.39. The average molecular weight is 273 g/mol. The van der Waals surface area contributed by atoms with Crippen LogP contribution < -0.4 is 0 Å². The molecular formula is C15H19N3O2. The molecule has 2 rings (SSSR count). The second-order valence-electron chi connectivity index (χ2n) is 6.04. The van der Waals surface area contributed by atoms with Crippen molar-refractivity contribution < 1.29 is 4.92 Å². The summed E-state index contributed by atoms with van der Waals surface area (Å²) in [5.74, 6) is 0.537. The fraction of sp³-hybridized carbons (Fsp3) is 0.600. The smallest absolute Gasteiger partial charge is 0.260 e. The largest absolute Gasteiger partial charge is 0.278 e. The molecule has 0 spiro atoms. The lowest BCUT2D eigenvalue weighted by Crippen LogP contribution is -2.19. The third kappa shape index (κ3) is 2.51. The number of nitriles is 1. The number of hydrogen-bond acceptors (Lipinski definition) is 4. The molecule has 0 N–H and O–H groups in total. The lowest BCUT2D eigenvalue weighted by Gasteiger charge is -2.21. The van der Waals surface area contributed by atoms with Crippen LogP contribution in [0.5, 0.6) is 0 Å². The SMILES string of the molecule is Cc1cnc(CC2(C#N)CCC(C)C2)c(C)c1[N+](=O)[O-]. The minimum atomic E-state index is -0.402. The Balaban J connectivity index is 2.38. The molecule has 0 amide bonds. The van der Waals surface area contributed by atoms with Gasteiger partial charge in [-0.25, -0.2) is 0 Å². The van der Waals surface area contributed by atoms with Gasteiger partial charge in [-0.3, -0.25) is 15.1 Å². The number of pyridine rings is 1. The zero-order valence-corrected chi connectivity index (χ0v) is 12.1. The third-order valence-corrected chi connectivity index (χ3v) is 4.36. The van der Waals surface area contributed by atoms with Crippen molar-refractivity contribution in [3.8, 4) is 6.07 Å². The van der Waals surface area contributed by atoms with Crippen LogP contribution in [0, 0.1) is 46.6 Å². The fourth-order valence-corrected chi connectivity index (χ4v) is 3.24. The molecule has 20 heavy (non-hydrogen) atoms. The van der Waals surface area contributed by atoms with Crippen LogP contribution >= 0.6 is 0 Å². The molecule has 5 heteroatoms. The minimum Gasteiger partial charge on any atom is -0.260 e. The number of aromatic nitrogens is 1. The molecule has 0 aromatic carbocycles. The summed E-state index contributed by atoms with van der Waals surface area (Å²) in [5, 5.41) is 20.7. The molecule has 2 unspecified atom stereocenters. The van der Waals surface area contributed by atoms with Crippen LogP contribution in [0.15, 0.2) is 6.20 Å². The van der Waals surface area contributed by atoms with Gasteiger partial charge in [-0.05, 0) is 39.0 Å². The van der Waals surface area contributed by atoms with Crippen molar-refractivity contribution in [3.05, 3.63) is 33.1 Å². The molecule has 1 aromatic heterocycles. The summed E-state index contributed by atoms with van der Waals surface area (Å²) in [6.07, 6.45) is 4.81. The molecule has 0 saturated heterocycles. The molecule has 1 aromatic rings. The maximum absolute atomic E-state index is 11.1. The highest BCUT2D eigenvalue weighted by molar-refractivity contribution is 5.47. The van der Waals surface area contributed by atoms with Gasteiger partial charge in [-0.15, -0.1) is 0 Å². The van der Waals surface area contributed by atoms with Crippen LogP contribution in [0.25, 0.3) is 0 Å². The Bertz CT molecular complexity index is 592. The van der Waals surface area contributed by atoms with Crippen molar-refractivity contribution in [1.82, 2.24) is 4.98 Å². The Labute approximate surface area is 118 Å². The first-order chi connectivity index (χ1) is 9.38. The van der Waals surface area contributed by atoms with Gasteiger partial charge >= 0.3 is 0 Å². The fourth-order valence-electron chi connectivity index (χ4n) is 3.24. The number of rotatable bonds is 3. The van der Waals surface area contributed by atoms with E-state index in [0.29, 0.717) is 29.2 Å². The zero-order chi connectivity index (χ0) is 14.9. The van der Waals surface area contributed by atoms with E-state index in [0.717, 1.165) is 19.3 Å². The Kier molecular flexibility index (Phi) is 3.76. The summed E-state index contributed by atoms with van der Waals surface area (Å²) in [4.78, 5) is 15.1. The molecule has 0 aliphatic heterocycles. The second kappa shape index (κ2) is 5.20. The summed E-state index contributed by atoms with van der Waals surface area (Å²) in [6.45, 7) is 5.58. The Morgan fingerprint density at radius 1 is 1.60 bits per heavy atom. The van der Waals surface area contributed by atoms with E-state index in [2.05, 4.69) is 18.0 Å². The summed E-state index contributed by atoms with van der Waals surface area (Å²) in [5.41, 5.74) is 1.60. The predicted octanol–water partition coefficient (Wildman–Crippen LogP) is 3.48. The van der Waals surface area contributed by atoms with Gasteiger partial charge in [0.05, 0.1) is 22.1 Å². The summed E-state index contributed by atoms with van der Waals surface area (Å²) >= 11 is 0. The summed E-state index contributed by atoms with van der Waals surface area (Å²) < 4.78 is 0. The molecule has 1 heterocycles. The van der Waals surface area contributed by atoms with Crippen LogP contribution in [0.3, 0.4) is 0 Å². The maximum Gasteiger partial charge on any atom is 0.278 e. The summed E-state index contributed by atoms with van der Waals surface area (Å²) in [7, 11) is 0. The highest BCUT2D eigenvalue weighted by Crippen LogP contribution is 2.44. The van der Waals surface area contributed by atoms with E-state index in [4.69, 9.17) is 0 Å². The lowest BCUT2D eigenvalue weighted by atomic mass is 9.81. The number of nitrogens with zero attached hydrogens (tertiary/aromatic N) is 3. The molecule has 1 aliphatic rings. The van der Waals surface area contributed by atoms with Crippen molar-refractivity contribution in [3.63, 3.8) is 0 Å². The Morgan fingerprint density at radius 3 is 2.80 bits per heavy atom. The van der Waals surface area contributed by atoms with Crippen molar-refractivity contribution in [2.75, 3.05) is 0 Å². The van der Waals surface area contributed by atoms with Gasteiger partial charge in [0.2, 0.25) is 0 Å². The topological polar surface area (TPSA) is 79.8 Å². The zero-order valence-electron chi connectivity index (χ0n) is 12.1. The molecule has 0 radical (unpaired) electrons. The standard InChI is InChI=1S/C15H19N3O2/c1-10-4-5-15(6-10,9-16)7-13-12(3)14(18(19)20)11(2)8-17-13/h8,10H,4-7H2,1-3H3. The van der Waals surface area contributed by atoms with Gasteiger partial charge in [0.25, 0.3) is 5.69 Å². The van der Waals surface area contributed by atoms with Crippen molar-refractivity contribution in [2.24, 2.45) is 11.3 Å². The van der Waals surface area contributed by atoms with E-state index in [1.165, 1.54) is 0 Å². The van der Waals surface area contributed by atoms with E-state index in [9.17, 15) is 15.4 Å². The van der Waals surface area contributed by atoms with Gasteiger partial charge in [-0.2, -0.15) is 5.26 Å². The maximum atomic E-state index is 11.1. The van der Waals surface area contributed by atoms with Crippen LogP contribution in [0.2, 0.25) is 0 Å². The lowest BCUT2D eigenvalue weighted by molar-refractivity contribution is -0.386. The molecular weight excluding hydrogens is 254 g/mol. The van der Waals surface area contributed by atoms with Gasteiger partial charge in [-0.1, -0.05) is 6.92 Å². The first kappa shape index (κ1) is 14.4. The highest BCUT2D eigenvalue weighted by atomic mass is 16.6. The molecule has 5 nitrogen and oxygen atoms in total. The first-order valence-electron chi connectivity index (χ1n) is 6.89. The minimum absolute atomic E-state index is 0.133. The number of hydrogen-bond donors (Lipinski definition) is 0. The van der Waals surface area contributed by atoms with E-state index in [1.54, 1.807) is 20.0 Å². The van der Waals surface area contributed by atoms with Crippen molar-refractivity contribution >= 4 is 5.69 Å². The molecule has 1 saturated carbocycles. The molecule has 1 aliphatic carbocycles. The van der Waals surface area contributed by atoms with Crippen LogP contribution in [-0.2, 0) is 6.42 Å². The monoisotopic (exact) mass is 273 g/mol. The quantitative estimate of drug-likeness (QED) is 0.623. The van der Waals surface area contributed by atoms with E-state index in [1.807, 2.05) is 0 Å². The first-order valence-corrected chi connectivity index (χ1v) is 6.89. The summed E-state index contributed by atoms with van der Waals surface area (Å²) in [6, 6.07) is 2.44. The van der Waals surface area contributed by atoms with Crippen LogP contribution in [-0.4, -0.2) is 9.91 Å². The number of aryl methyl sites for hydroxylation is 1. The predicted molar refractivity (Wildman–Crippen MR) is 75.1 cm³/mol. The average Bonchev–Trinajstić information content (AvgIpc) is 2.75.